The lowest BCUT2D eigenvalue weighted by molar-refractivity contribution is -0.659. The first-order valence-corrected chi connectivity index (χ1v) is 8.67. The van der Waals surface area contributed by atoms with Gasteiger partial charge < -0.3 is 0 Å². The van der Waals surface area contributed by atoms with Crippen molar-refractivity contribution in [1.82, 2.24) is 15.0 Å². The van der Waals surface area contributed by atoms with Gasteiger partial charge >= 0.3 is 0 Å². The minimum atomic E-state index is 0.693. The van der Waals surface area contributed by atoms with Crippen LogP contribution < -0.4 is 4.57 Å². The van der Waals surface area contributed by atoms with Crippen molar-refractivity contribution in [2.45, 2.75) is 20.8 Å². The van der Waals surface area contributed by atoms with E-state index in [2.05, 4.69) is 89.9 Å². The summed E-state index contributed by atoms with van der Waals surface area (Å²) < 4.78 is 2.20. The van der Waals surface area contributed by atoms with Gasteiger partial charge in [0.25, 0.3) is 0 Å². The molecule has 0 radical (unpaired) electrons. The van der Waals surface area contributed by atoms with Gasteiger partial charge in [0, 0.05) is 22.6 Å². The van der Waals surface area contributed by atoms with Crippen LogP contribution in [-0.2, 0) is 7.05 Å². The van der Waals surface area contributed by atoms with Crippen LogP contribution in [0.15, 0.2) is 55.2 Å². The van der Waals surface area contributed by atoms with Crippen molar-refractivity contribution >= 4 is 10.8 Å². The second-order valence-corrected chi connectivity index (χ2v) is 6.83. The minimum Gasteiger partial charge on any atom is -0.225 e. The molecule has 0 saturated heterocycles. The summed E-state index contributed by atoms with van der Waals surface area (Å²) in [6.45, 7) is 6.52. The minimum absolute atomic E-state index is 0.693. The van der Waals surface area contributed by atoms with Crippen LogP contribution in [0.5, 0.6) is 0 Å². The third-order valence-corrected chi connectivity index (χ3v) is 4.93. The number of hydrogen-bond donors (Lipinski definition) is 0. The molecule has 4 aromatic rings. The molecule has 4 nitrogen and oxygen atoms in total. The first kappa shape index (κ1) is 16.3. The Hall–Kier alpha value is -3.14. The molecule has 4 heteroatoms. The van der Waals surface area contributed by atoms with Gasteiger partial charge in [-0.25, -0.2) is 19.5 Å². The Kier molecular flexibility index (Phi) is 3.96. The second kappa shape index (κ2) is 6.30. The number of rotatable bonds is 2. The van der Waals surface area contributed by atoms with Crippen molar-refractivity contribution in [3.63, 3.8) is 0 Å². The molecule has 128 valence electrons. The molecular weight excluding hydrogens is 320 g/mol. The summed E-state index contributed by atoms with van der Waals surface area (Å²) in [7, 11) is 2.10. The number of aryl methyl sites for hydroxylation is 3. The van der Waals surface area contributed by atoms with Crippen LogP contribution in [0, 0.1) is 20.8 Å². The molecule has 4 rings (SSSR count). The molecule has 0 fully saturated rings. The van der Waals surface area contributed by atoms with Gasteiger partial charge in [0.1, 0.15) is 19.7 Å². The van der Waals surface area contributed by atoms with E-state index < -0.39 is 0 Å². The lowest BCUT2D eigenvalue weighted by atomic mass is 9.96. The fourth-order valence-corrected chi connectivity index (χ4v) is 3.45. The van der Waals surface area contributed by atoms with E-state index in [0.717, 1.165) is 10.9 Å². The lowest BCUT2D eigenvalue weighted by Crippen LogP contribution is -2.30. The summed E-state index contributed by atoms with van der Waals surface area (Å²) in [4.78, 5) is 12.4. The molecule has 0 amide bonds. The zero-order chi connectivity index (χ0) is 18.3. The third kappa shape index (κ3) is 2.84. The molecule has 0 N–H and O–H groups in total. The van der Waals surface area contributed by atoms with Crippen molar-refractivity contribution < 1.29 is 4.57 Å². The molecule has 26 heavy (non-hydrogen) atoms. The highest BCUT2D eigenvalue weighted by Crippen LogP contribution is 2.28. The summed E-state index contributed by atoms with van der Waals surface area (Å²) in [6, 6.07) is 13.1. The first-order valence-electron chi connectivity index (χ1n) is 8.67. The van der Waals surface area contributed by atoms with E-state index in [1.165, 1.54) is 46.0 Å². The van der Waals surface area contributed by atoms with Crippen molar-refractivity contribution in [2.75, 3.05) is 0 Å². The van der Waals surface area contributed by atoms with Gasteiger partial charge in [-0.2, -0.15) is 0 Å². The van der Waals surface area contributed by atoms with Gasteiger partial charge in [0.05, 0.1) is 0 Å². The standard InChI is InChI=1S/C22H21N4/c1-14-7-15(2)16(3)20(8-14)21-10-17-5-6-18(9-19(17)11-26(21)4)22-24-12-23-13-25-22/h5-13H,1-4H3/q+1. The van der Waals surface area contributed by atoms with Crippen molar-refractivity contribution in [3.8, 4) is 22.6 Å². The molecule has 0 unspecified atom stereocenters. The van der Waals surface area contributed by atoms with Crippen LogP contribution in [0.1, 0.15) is 16.7 Å². The SMILES string of the molecule is Cc1cc(C)c(C)c(-c2cc3ccc(-c4ncncn4)cc3c[n+]2C)c1. The number of hydrogen-bond acceptors (Lipinski definition) is 3. The van der Waals surface area contributed by atoms with Crippen LogP contribution in [0.4, 0.5) is 0 Å². The number of nitrogens with zero attached hydrogens (tertiary/aromatic N) is 4. The fraction of sp³-hybridized carbons (Fsp3) is 0.182. The zero-order valence-corrected chi connectivity index (χ0v) is 15.5. The quantitative estimate of drug-likeness (QED) is 0.515. The highest BCUT2D eigenvalue weighted by atomic mass is 15.0. The first-order chi connectivity index (χ1) is 12.5. The summed E-state index contributed by atoms with van der Waals surface area (Å²) >= 11 is 0. The largest absolute Gasteiger partial charge is 0.225 e. The average Bonchev–Trinajstić information content (AvgIpc) is 2.64. The third-order valence-electron chi connectivity index (χ3n) is 4.93. The van der Waals surface area contributed by atoms with Crippen LogP contribution in [0.25, 0.3) is 33.4 Å². The molecule has 2 heterocycles. The van der Waals surface area contributed by atoms with E-state index in [1.807, 2.05) is 0 Å². The highest BCUT2D eigenvalue weighted by molar-refractivity contribution is 5.87. The number of pyridine rings is 1. The van der Waals surface area contributed by atoms with E-state index in [4.69, 9.17) is 0 Å². The van der Waals surface area contributed by atoms with E-state index in [-0.39, 0.29) is 0 Å². The number of benzene rings is 2. The fourth-order valence-electron chi connectivity index (χ4n) is 3.45. The highest BCUT2D eigenvalue weighted by Gasteiger charge is 2.16. The maximum Gasteiger partial charge on any atom is 0.213 e. The second-order valence-electron chi connectivity index (χ2n) is 6.83. The van der Waals surface area contributed by atoms with Gasteiger partial charge in [-0.15, -0.1) is 0 Å². The Balaban J connectivity index is 1.88. The molecule has 0 saturated carbocycles. The van der Waals surface area contributed by atoms with Crippen molar-refractivity contribution in [3.05, 3.63) is 71.9 Å². The number of aromatic nitrogens is 4. The lowest BCUT2D eigenvalue weighted by Gasteiger charge is -2.10. The summed E-state index contributed by atoms with van der Waals surface area (Å²) in [5.74, 6) is 0.693. The van der Waals surface area contributed by atoms with Crippen molar-refractivity contribution in [2.24, 2.45) is 7.05 Å². The zero-order valence-electron chi connectivity index (χ0n) is 15.5. The summed E-state index contributed by atoms with van der Waals surface area (Å²) in [6.07, 6.45) is 5.23. The topological polar surface area (TPSA) is 42.6 Å². The van der Waals surface area contributed by atoms with E-state index >= 15 is 0 Å². The van der Waals surface area contributed by atoms with Gasteiger partial charge in [0.15, 0.2) is 12.0 Å². The molecule has 0 bridgehead atoms. The van der Waals surface area contributed by atoms with Gasteiger partial charge in [-0.3, -0.25) is 0 Å². The van der Waals surface area contributed by atoms with Gasteiger partial charge in [-0.1, -0.05) is 23.8 Å². The van der Waals surface area contributed by atoms with Gasteiger partial charge in [-0.05, 0) is 49.4 Å². The van der Waals surface area contributed by atoms with Crippen LogP contribution in [0.3, 0.4) is 0 Å². The molecule has 2 aromatic carbocycles. The van der Waals surface area contributed by atoms with E-state index in [1.54, 1.807) is 0 Å². The van der Waals surface area contributed by atoms with Crippen LogP contribution in [0.2, 0.25) is 0 Å². The van der Waals surface area contributed by atoms with E-state index in [0.29, 0.717) is 5.82 Å². The smallest absolute Gasteiger partial charge is 0.213 e. The Morgan fingerprint density at radius 1 is 0.846 bits per heavy atom. The number of fused-ring (bicyclic) bond motifs is 1. The molecule has 0 aliphatic heterocycles. The predicted octanol–water partition coefficient (Wildman–Crippen LogP) is 4.11. The van der Waals surface area contributed by atoms with Crippen LogP contribution >= 0.6 is 0 Å². The summed E-state index contributed by atoms with van der Waals surface area (Å²) in [5.41, 5.74) is 7.43. The molecule has 2 aromatic heterocycles. The van der Waals surface area contributed by atoms with Crippen molar-refractivity contribution in [1.29, 1.82) is 0 Å². The molecular formula is C22H21N4+. The molecule has 0 atom stereocenters. The molecule has 0 spiro atoms. The summed E-state index contributed by atoms with van der Waals surface area (Å²) in [5, 5.41) is 2.37. The Bertz CT molecular complexity index is 1120. The maximum absolute atomic E-state index is 4.25. The normalized spacial score (nSPS) is 11.1. The predicted molar refractivity (Wildman–Crippen MR) is 104 cm³/mol. The average molecular weight is 341 g/mol. The maximum atomic E-state index is 4.25. The van der Waals surface area contributed by atoms with Gasteiger partial charge in [0.2, 0.25) is 5.69 Å². The Morgan fingerprint density at radius 3 is 2.38 bits per heavy atom. The van der Waals surface area contributed by atoms with Crippen LogP contribution in [-0.4, -0.2) is 15.0 Å². The Labute approximate surface area is 153 Å². The molecule has 0 aliphatic rings. The Morgan fingerprint density at radius 2 is 1.62 bits per heavy atom. The molecule has 0 aliphatic carbocycles. The van der Waals surface area contributed by atoms with E-state index in [9.17, 15) is 0 Å². The monoisotopic (exact) mass is 341 g/mol.